The van der Waals surface area contributed by atoms with E-state index in [9.17, 15) is 9.18 Å². The molecule has 1 aliphatic heterocycles. The van der Waals surface area contributed by atoms with Crippen molar-refractivity contribution in [1.82, 2.24) is 15.3 Å². The first-order valence-corrected chi connectivity index (χ1v) is 8.02. The maximum atomic E-state index is 12.8. The molecule has 24 heavy (non-hydrogen) atoms. The van der Waals surface area contributed by atoms with Crippen LogP contribution in [0.1, 0.15) is 12.8 Å². The van der Waals surface area contributed by atoms with Gasteiger partial charge in [0.25, 0.3) is 0 Å². The van der Waals surface area contributed by atoms with E-state index in [1.165, 1.54) is 24.3 Å². The molecule has 0 unspecified atom stereocenters. The van der Waals surface area contributed by atoms with Gasteiger partial charge in [0.1, 0.15) is 11.6 Å². The number of rotatable bonds is 4. The third-order valence-electron chi connectivity index (χ3n) is 4.14. The molecule has 2 amide bonds. The molecule has 6 nitrogen and oxygen atoms in total. The van der Waals surface area contributed by atoms with Crippen molar-refractivity contribution in [3.63, 3.8) is 0 Å². The standard InChI is InChI=1S/C17H20FN5O/c18-14-1-3-15(4-2-14)22-17(24)21-11-13-5-9-23(10-6-13)16-12-19-7-8-20-16/h1-4,7-8,12-13H,5-6,9-11H2,(H2,21,22,24). The third-order valence-corrected chi connectivity index (χ3v) is 4.14. The molecule has 0 aliphatic carbocycles. The summed E-state index contributed by atoms with van der Waals surface area (Å²) in [5.74, 6) is 1.02. The number of piperidine rings is 1. The van der Waals surface area contributed by atoms with Crippen LogP contribution in [-0.4, -0.2) is 35.6 Å². The first-order valence-electron chi connectivity index (χ1n) is 8.02. The zero-order valence-corrected chi connectivity index (χ0v) is 13.3. The minimum Gasteiger partial charge on any atom is -0.355 e. The van der Waals surface area contributed by atoms with Gasteiger partial charge in [-0.3, -0.25) is 4.98 Å². The van der Waals surface area contributed by atoms with Crippen LogP contribution in [0.3, 0.4) is 0 Å². The van der Waals surface area contributed by atoms with Crippen LogP contribution >= 0.6 is 0 Å². The summed E-state index contributed by atoms with van der Waals surface area (Å²) in [6.07, 6.45) is 7.12. The van der Waals surface area contributed by atoms with E-state index in [0.717, 1.165) is 31.7 Å². The Morgan fingerprint density at radius 1 is 1.21 bits per heavy atom. The van der Waals surface area contributed by atoms with Crippen molar-refractivity contribution in [3.05, 3.63) is 48.7 Å². The lowest BCUT2D eigenvalue weighted by molar-refractivity contribution is 0.248. The lowest BCUT2D eigenvalue weighted by Gasteiger charge is -2.32. The van der Waals surface area contributed by atoms with Gasteiger partial charge in [0.15, 0.2) is 0 Å². The zero-order valence-electron chi connectivity index (χ0n) is 13.3. The molecule has 1 aromatic heterocycles. The Kier molecular flexibility index (Phi) is 5.20. The predicted molar refractivity (Wildman–Crippen MR) is 90.4 cm³/mol. The molecule has 126 valence electrons. The second-order valence-electron chi connectivity index (χ2n) is 5.84. The topological polar surface area (TPSA) is 70.2 Å². The van der Waals surface area contributed by atoms with E-state index in [4.69, 9.17) is 0 Å². The van der Waals surface area contributed by atoms with Crippen LogP contribution in [-0.2, 0) is 0 Å². The van der Waals surface area contributed by atoms with Crippen LogP contribution in [0, 0.1) is 11.7 Å². The highest BCUT2D eigenvalue weighted by molar-refractivity contribution is 5.89. The Morgan fingerprint density at radius 3 is 2.62 bits per heavy atom. The molecule has 3 rings (SSSR count). The Bertz CT molecular complexity index is 656. The van der Waals surface area contributed by atoms with Gasteiger partial charge >= 0.3 is 6.03 Å². The number of carbonyl (C=O) groups is 1. The molecular weight excluding hydrogens is 309 g/mol. The number of nitrogens with one attached hydrogen (secondary N) is 2. The number of nitrogens with zero attached hydrogens (tertiary/aromatic N) is 3. The summed E-state index contributed by atoms with van der Waals surface area (Å²) < 4.78 is 12.8. The zero-order chi connectivity index (χ0) is 16.8. The molecule has 1 fully saturated rings. The van der Waals surface area contributed by atoms with Crippen molar-refractivity contribution < 1.29 is 9.18 Å². The van der Waals surface area contributed by atoms with Gasteiger partial charge in [0.05, 0.1) is 6.20 Å². The van der Waals surface area contributed by atoms with E-state index in [1.807, 2.05) is 0 Å². The number of hydrogen-bond donors (Lipinski definition) is 2. The van der Waals surface area contributed by atoms with Crippen LogP contribution in [0.5, 0.6) is 0 Å². The van der Waals surface area contributed by atoms with Crippen molar-refractivity contribution in [2.24, 2.45) is 5.92 Å². The van der Waals surface area contributed by atoms with Gasteiger partial charge in [-0.15, -0.1) is 0 Å². The number of carbonyl (C=O) groups excluding carboxylic acids is 1. The summed E-state index contributed by atoms with van der Waals surface area (Å²) in [7, 11) is 0. The monoisotopic (exact) mass is 329 g/mol. The average Bonchev–Trinajstić information content (AvgIpc) is 2.63. The number of halogens is 1. The Hall–Kier alpha value is -2.70. The molecular formula is C17H20FN5O. The molecule has 2 heterocycles. The lowest BCUT2D eigenvalue weighted by atomic mass is 9.97. The number of benzene rings is 1. The van der Waals surface area contributed by atoms with E-state index < -0.39 is 0 Å². The average molecular weight is 329 g/mol. The molecule has 0 spiro atoms. The molecule has 0 radical (unpaired) electrons. The number of urea groups is 1. The van der Waals surface area contributed by atoms with E-state index in [1.54, 1.807) is 18.6 Å². The van der Waals surface area contributed by atoms with Gasteiger partial charge < -0.3 is 15.5 Å². The second-order valence-corrected chi connectivity index (χ2v) is 5.84. The van der Waals surface area contributed by atoms with Crippen LogP contribution in [0.2, 0.25) is 0 Å². The summed E-state index contributed by atoms with van der Waals surface area (Å²) in [5, 5.41) is 5.58. The van der Waals surface area contributed by atoms with Crippen molar-refractivity contribution in [1.29, 1.82) is 0 Å². The summed E-state index contributed by atoms with van der Waals surface area (Å²) in [4.78, 5) is 22.5. The smallest absolute Gasteiger partial charge is 0.319 e. The third kappa shape index (κ3) is 4.41. The summed E-state index contributed by atoms with van der Waals surface area (Å²) in [6, 6.07) is 5.44. The van der Waals surface area contributed by atoms with E-state index >= 15 is 0 Å². The molecule has 0 saturated carbocycles. The fourth-order valence-corrected chi connectivity index (χ4v) is 2.77. The van der Waals surface area contributed by atoms with Gasteiger partial charge in [-0.25, -0.2) is 14.2 Å². The van der Waals surface area contributed by atoms with Crippen LogP contribution in [0.4, 0.5) is 20.7 Å². The maximum absolute atomic E-state index is 12.8. The molecule has 1 saturated heterocycles. The second kappa shape index (κ2) is 7.72. The Labute approximate surface area is 140 Å². The first kappa shape index (κ1) is 16.2. The van der Waals surface area contributed by atoms with Gasteiger partial charge in [0.2, 0.25) is 0 Å². The molecule has 7 heteroatoms. The molecule has 0 atom stereocenters. The van der Waals surface area contributed by atoms with Crippen molar-refractivity contribution in [2.75, 3.05) is 29.9 Å². The maximum Gasteiger partial charge on any atom is 0.319 e. The molecule has 2 N–H and O–H groups in total. The highest BCUT2D eigenvalue weighted by Gasteiger charge is 2.20. The normalized spacial score (nSPS) is 15.1. The van der Waals surface area contributed by atoms with Crippen LogP contribution in [0.25, 0.3) is 0 Å². The minimum absolute atomic E-state index is 0.266. The highest BCUT2D eigenvalue weighted by Crippen LogP contribution is 2.20. The number of anilines is 2. The van der Waals surface area contributed by atoms with E-state index in [2.05, 4.69) is 25.5 Å². The molecule has 0 bridgehead atoms. The number of amides is 2. The SMILES string of the molecule is O=C(NCC1CCN(c2cnccn2)CC1)Nc1ccc(F)cc1. The highest BCUT2D eigenvalue weighted by atomic mass is 19.1. The first-order chi connectivity index (χ1) is 11.7. The van der Waals surface area contributed by atoms with Crippen molar-refractivity contribution in [2.45, 2.75) is 12.8 Å². The van der Waals surface area contributed by atoms with Gasteiger partial charge in [-0.05, 0) is 43.0 Å². The molecule has 1 aromatic carbocycles. The van der Waals surface area contributed by atoms with Gasteiger partial charge in [-0.2, -0.15) is 0 Å². The fourth-order valence-electron chi connectivity index (χ4n) is 2.77. The minimum atomic E-state index is -0.323. The molecule has 1 aliphatic rings. The predicted octanol–water partition coefficient (Wildman–Crippen LogP) is 2.65. The van der Waals surface area contributed by atoms with Gasteiger partial charge in [0, 0.05) is 37.7 Å². The van der Waals surface area contributed by atoms with E-state index in [-0.39, 0.29) is 11.8 Å². The number of hydrogen-bond acceptors (Lipinski definition) is 4. The Balaban J connectivity index is 1.40. The van der Waals surface area contributed by atoms with Crippen LogP contribution < -0.4 is 15.5 Å². The summed E-state index contributed by atoms with van der Waals surface area (Å²) in [5.41, 5.74) is 0.575. The van der Waals surface area contributed by atoms with Crippen molar-refractivity contribution >= 4 is 17.5 Å². The fraction of sp³-hybridized carbons (Fsp3) is 0.353. The summed E-state index contributed by atoms with van der Waals surface area (Å²) in [6.45, 7) is 2.44. The largest absolute Gasteiger partial charge is 0.355 e. The summed E-state index contributed by atoms with van der Waals surface area (Å²) >= 11 is 0. The Morgan fingerprint density at radius 2 is 1.96 bits per heavy atom. The lowest BCUT2D eigenvalue weighted by Crippen LogP contribution is -2.40. The quantitative estimate of drug-likeness (QED) is 0.905. The van der Waals surface area contributed by atoms with Crippen molar-refractivity contribution in [3.8, 4) is 0 Å². The van der Waals surface area contributed by atoms with Gasteiger partial charge in [-0.1, -0.05) is 0 Å². The number of aromatic nitrogens is 2. The molecule has 2 aromatic rings. The van der Waals surface area contributed by atoms with Crippen LogP contribution in [0.15, 0.2) is 42.9 Å². The van der Waals surface area contributed by atoms with E-state index in [0.29, 0.717) is 18.2 Å².